The standard InChI is InChI=1S/C24H27FN4O9.HO2P/c1-12-8-27(5-6-28(12)24(36)38-11-18(32)26-17(31)10-30)20-16(25)7-14-19(22(20)37-2)29(13-3-4-13)9-15(21(14)33)23(34)35;1-3-2/h7,9-10,12-13,17,31H,3-6,8,11H2,1-2H3,(H,26,32)(H,34,35);3H/p+1. The van der Waals surface area contributed by atoms with Gasteiger partial charge in [-0.15, -0.1) is 0 Å². The lowest BCUT2D eigenvalue weighted by Crippen LogP contribution is -2.54. The average molecular weight is 599 g/mol. The molecule has 222 valence electrons. The fourth-order valence-corrected chi connectivity index (χ4v) is 4.61. The quantitative estimate of drug-likeness (QED) is 0.185. The highest BCUT2D eigenvalue weighted by Crippen LogP contribution is 2.44. The van der Waals surface area contributed by atoms with E-state index in [4.69, 9.17) is 24.0 Å². The van der Waals surface area contributed by atoms with Gasteiger partial charge < -0.3 is 39.4 Å². The number of amides is 2. The number of nitrogens with one attached hydrogen (secondary N) is 1. The van der Waals surface area contributed by atoms with Gasteiger partial charge in [0, 0.05) is 37.9 Å². The number of carboxylic acid groups (broad SMARTS) is 1. The number of aldehydes is 1. The number of carbonyl (C=O) groups excluding carboxylic acids is 3. The van der Waals surface area contributed by atoms with Gasteiger partial charge in [0.05, 0.1) is 18.0 Å². The molecule has 0 bridgehead atoms. The van der Waals surface area contributed by atoms with E-state index in [1.807, 2.05) is 5.32 Å². The molecule has 1 saturated heterocycles. The van der Waals surface area contributed by atoms with E-state index in [1.54, 1.807) is 16.4 Å². The van der Waals surface area contributed by atoms with Crippen LogP contribution >= 0.6 is 8.69 Å². The predicted molar refractivity (Wildman–Crippen MR) is 141 cm³/mol. The SMILES string of the molecule is COc1c(N2CCN(C(=O)OCC(=O)NC(O)C=O)C(C)C2)c(F)cc2c(=O)c(C(=O)O)cn(C3CC3)c12.O=[PH+]O. The lowest BCUT2D eigenvalue weighted by Gasteiger charge is -2.40. The molecule has 1 saturated carbocycles. The molecule has 2 aromatic rings. The van der Waals surface area contributed by atoms with Gasteiger partial charge in [-0.1, -0.05) is 0 Å². The number of nitrogens with zero attached hydrogens (tertiary/aromatic N) is 3. The molecule has 1 aliphatic heterocycles. The highest BCUT2D eigenvalue weighted by atomic mass is 31.1. The molecule has 3 unspecified atom stereocenters. The van der Waals surface area contributed by atoms with Crippen molar-refractivity contribution in [2.24, 2.45) is 0 Å². The first-order chi connectivity index (χ1) is 19.5. The van der Waals surface area contributed by atoms with Gasteiger partial charge in [-0.05, 0) is 30.4 Å². The molecule has 2 heterocycles. The maximum absolute atomic E-state index is 15.5. The molecule has 17 heteroatoms. The highest BCUT2D eigenvalue weighted by Gasteiger charge is 2.34. The zero-order chi connectivity index (χ0) is 30.4. The van der Waals surface area contributed by atoms with E-state index in [0.29, 0.717) is 5.52 Å². The Morgan fingerprint density at radius 2 is 1.95 bits per heavy atom. The number of aromatic carboxylic acids is 1. The molecule has 0 radical (unpaired) electrons. The number of ether oxygens (including phenoxy) is 2. The monoisotopic (exact) mass is 599 g/mol. The number of aliphatic hydroxyl groups is 1. The maximum Gasteiger partial charge on any atom is 0.491 e. The third-order valence-corrected chi connectivity index (χ3v) is 6.52. The van der Waals surface area contributed by atoms with Gasteiger partial charge >= 0.3 is 20.7 Å². The molecule has 1 aromatic carbocycles. The zero-order valence-corrected chi connectivity index (χ0v) is 23.0. The van der Waals surface area contributed by atoms with Crippen LogP contribution < -0.4 is 20.4 Å². The minimum absolute atomic E-state index is 0.0428. The Balaban J connectivity index is 0.00000147. The summed E-state index contributed by atoms with van der Waals surface area (Å²) >= 11 is 0. The first kappa shape index (κ1) is 31.4. The zero-order valence-electron chi connectivity index (χ0n) is 22.0. The number of aromatic nitrogens is 1. The molecule has 1 aromatic heterocycles. The fraction of sp³-hybridized carbons (Fsp3) is 0.458. The number of benzene rings is 1. The van der Waals surface area contributed by atoms with E-state index in [9.17, 15) is 29.1 Å². The molecule has 2 aliphatic rings. The Hall–Kier alpha value is -4.14. The number of aliphatic hydroxyl groups excluding tert-OH is 1. The van der Waals surface area contributed by atoms with E-state index in [0.717, 1.165) is 18.9 Å². The molecular weight excluding hydrogens is 570 g/mol. The van der Waals surface area contributed by atoms with Crippen LogP contribution in [0.15, 0.2) is 17.1 Å². The molecule has 2 amide bonds. The van der Waals surface area contributed by atoms with Crippen LogP contribution in [0.1, 0.15) is 36.2 Å². The van der Waals surface area contributed by atoms with Gasteiger partial charge in [-0.2, -0.15) is 4.89 Å². The van der Waals surface area contributed by atoms with Crippen molar-refractivity contribution in [1.82, 2.24) is 14.8 Å². The molecule has 41 heavy (non-hydrogen) atoms. The molecule has 4 rings (SSSR count). The van der Waals surface area contributed by atoms with E-state index in [-0.39, 0.29) is 48.8 Å². The van der Waals surface area contributed by atoms with Crippen LogP contribution in [0, 0.1) is 5.82 Å². The lowest BCUT2D eigenvalue weighted by molar-refractivity contribution is -0.131. The van der Waals surface area contributed by atoms with Gasteiger partial charge in [0.1, 0.15) is 11.3 Å². The van der Waals surface area contributed by atoms with Crippen LogP contribution in [0.3, 0.4) is 0 Å². The van der Waals surface area contributed by atoms with Crippen molar-refractivity contribution in [3.05, 3.63) is 33.9 Å². The summed E-state index contributed by atoms with van der Waals surface area (Å²) in [4.78, 5) is 69.2. The molecule has 15 nitrogen and oxygen atoms in total. The van der Waals surface area contributed by atoms with E-state index in [2.05, 4.69) is 0 Å². The summed E-state index contributed by atoms with van der Waals surface area (Å²) in [6.07, 6.45) is 0.421. The number of rotatable bonds is 8. The minimum atomic E-state index is -1.71. The molecule has 1 aliphatic carbocycles. The topological polar surface area (TPSA) is 205 Å². The van der Waals surface area contributed by atoms with Crippen molar-refractivity contribution in [2.45, 2.75) is 38.1 Å². The van der Waals surface area contributed by atoms with Gasteiger partial charge in [-0.3, -0.25) is 14.4 Å². The van der Waals surface area contributed by atoms with Crippen LogP contribution in [0.2, 0.25) is 0 Å². The smallest absolute Gasteiger partial charge is 0.491 e. The van der Waals surface area contributed by atoms with Crippen molar-refractivity contribution in [2.75, 3.05) is 38.3 Å². The number of hydrogen-bond donors (Lipinski definition) is 4. The van der Waals surface area contributed by atoms with Gasteiger partial charge in [0.2, 0.25) is 5.43 Å². The summed E-state index contributed by atoms with van der Waals surface area (Å²) in [7, 11) is 0.175. The largest absolute Gasteiger partial charge is 0.492 e. The van der Waals surface area contributed by atoms with Crippen LogP contribution in [0.4, 0.5) is 14.9 Å². The number of anilines is 1. The minimum Gasteiger partial charge on any atom is -0.492 e. The first-order valence-corrected chi connectivity index (χ1v) is 13.1. The number of methoxy groups -OCH3 is 1. The van der Waals surface area contributed by atoms with Crippen molar-refractivity contribution >= 4 is 49.5 Å². The predicted octanol–water partition coefficient (Wildman–Crippen LogP) is 0.381. The highest BCUT2D eigenvalue weighted by molar-refractivity contribution is 7.16. The van der Waals surface area contributed by atoms with E-state index >= 15 is 4.39 Å². The van der Waals surface area contributed by atoms with Gasteiger partial charge in [0.25, 0.3) is 5.91 Å². The first-order valence-electron chi connectivity index (χ1n) is 12.3. The summed E-state index contributed by atoms with van der Waals surface area (Å²) in [6, 6.07) is 0.497. The van der Waals surface area contributed by atoms with Gasteiger partial charge in [0.15, 0.2) is 30.7 Å². The third kappa shape index (κ3) is 6.96. The molecular formula is C24H29FN4O11P+. The van der Waals surface area contributed by atoms with Crippen molar-refractivity contribution < 1.29 is 52.7 Å². The van der Waals surface area contributed by atoms with E-state index < -0.39 is 62.3 Å². The number of piperazine rings is 1. The van der Waals surface area contributed by atoms with Crippen LogP contribution in [0.5, 0.6) is 5.75 Å². The normalized spacial score (nSPS) is 17.3. The number of carboxylic acids is 1. The second-order valence-electron chi connectivity index (χ2n) is 9.23. The number of carbonyl (C=O) groups is 4. The summed E-state index contributed by atoms with van der Waals surface area (Å²) in [5, 5.41) is 20.4. The molecule has 3 atom stereocenters. The summed E-state index contributed by atoms with van der Waals surface area (Å²) < 4.78 is 36.3. The number of halogens is 1. The Bertz CT molecular complexity index is 1410. The molecule has 2 fully saturated rings. The molecule has 0 spiro atoms. The van der Waals surface area contributed by atoms with Crippen molar-refractivity contribution in [3.8, 4) is 5.75 Å². The Morgan fingerprint density at radius 3 is 2.49 bits per heavy atom. The lowest BCUT2D eigenvalue weighted by atomic mass is 10.1. The Kier molecular flexibility index (Phi) is 10.3. The Labute approximate surface area is 233 Å². The fourth-order valence-electron chi connectivity index (χ4n) is 4.61. The average Bonchev–Trinajstić information content (AvgIpc) is 3.77. The maximum atomic E-state index is 15.5. The van der Waals surface area contributed by atoms with Crippen LogP contribution in [-0.2, 0) is 18.9 Å². The number of hydrogen-bond acceptors (Lipinski definition) is 10. The molecule has 4 N–H and O–H groups in total. The summed E-state index contributed by atoms with van der Waals surface area (Å²) in [6.45, 7) is 1.42. The third-order valence-electron chi connectivity index (χ3n) is 6.52. The van der Waals surface area contributed by atoms with Crippen molar-refractivity contribution in [1.29, 1.82) is 0 Å². The number of pyridine rings is 1. The summed E-state index contributed by atoms with van der Waals surface area (Å²) in [5.74, 6) is -2.94. The second-order valence-corrected chi connectivity index (χ2v) is 9.42. The Morgan fingerprint density at radius 1 is 1.29 bits per heavy atom. The second kappa shape index (κ2) is 13.5. The van der Waals surface area contributed by atoms with E-state index in [1.165, 1.54) is 18.2 Å². The van der Waals surface area contributed by atoms with Crippen LogP contribution in [0.25, 0.3) is 10.9 Å². The summed E-state index contributed by atoms with van der Waals surface area (Å²) in [5.41, 5.74) is -0.870. The van der Waals surface area contributed by atoms with Gasteiger partial charge in [-0.25, -0.2) is 14.0 Å². The number of fused-ring (bicyclic) bond motifs is 1. The van der Waals surface area contributed by atoms with Crippen molar-refractivity contribution in [3.63, 3.8) is 0 Å². The van der Waals surface area contributed by atoms with Crippen LogP contribution in [-0.4, -0.2) is 94.5 Å².